The van der Waals surface area contributed by atoms with E-state index in [9.17, 15) is 5.11 Å². The molecule has 0 aromatic heterocycles. The summed E-state index contributed by atoms with van der Waals surface area (Å²) in [5.74, 6) is 0. The number of oxime groups is 1. The third-order valence-electron chi connectivity index (χ3n) is 3.81. The Kier molecular flexibility index (Phi) is 4.10. The van der Waals surface area contributed by atoms with E-state index in [0.717, 1.165) is 36.3 Å². The lowest BCUT2D eigenvalue weighted by molar-refractivity contribution is 0.0630. The smallest absolute Gasteiger partial charge is 0.0889 e. The minimum atomic E-state index is -0.700. The molecule has 0 fully saturated rings. The fourth-order valence-corrected chi connectivity index (χ4v) is 2.48. The zero-order chi connectivity index (χ0) is 13.9. The number of β-amino-alcohol motifs (C(OH)–C–C–N with tert-alkyl or cyclic N) is 1. The van der Waals surface area contributed by atoms with Crippen LogP contribution in [-0.4, -0.2) is 34.7 Å². The number of hydrogen-bond donors (Lipinski definition) is 2. The van der Waals surface area contributed by atoms with E-state index in [1.165, 1.54) is 0 Å². The van der Waals surface area contributed by atoms with Crippen molar-refractivity contribution in [2.75, 3.05) is 18.0 Å². The van der Waals surface area contributed by atoms with Gasteiger partial charge in [-0.05, 0) is 32.3 Å². The van der Waals surface area contributed by atoms with Gasteiger partial charge in [0, 0.05) is 24.3 Å². The van der Waals surface area contributed by atoms with Gasteiger partial charge in [0.05, 0.1) is 11.3 Å². The van der Waals surface area contributed by atoms with Gasteiger partial charge in [-0.1, -0.05) is 30.3 Å². The Labute approximate surface area is 114 Å². The highest BCUT2D eigenvalue weighted by molar-refractivity contribution is 6.05. The first-order valence-corrected chi connectivity index (χ1v) is 6.85. The van der Waals surface area contributed by atoms with Crippen molar-refractivity contribution >= 4 is 11.4 Å². The van der Waals surface area contributed by atoms with Crippen molar-refractivity contribution in [3.63, 3.8) is 0 Å². The third kappa shape index (κ3) is 3.07. The predicted octanol–water partition coefficient (Wildman–Crippen LogP) is 2.63. The van der Waals surface area contributed by atoms with Crippen LogP contribution < -0.4 is 4.90 Å². The Morgan fingerprint density at radius 1 is 1.37 bits per heavy atom. The lowest BCUT2D eigenvalue weighted by atomic mass is 10.0. The Hall–Kier alpha value is -1.55. The summed E-state index contributed by atoms with van der Waals surface area (Å²) in [4.78, 5) is 2.19. The normalized spacial score (nSPS) is 20.8. The van der Waals surface area contributed by atoms with Gasteiger partial charge in [0.2, 0.25) is 0 Å². The maximum absolute atomic E-state index is 10.3. The van der Waals surface area contributed by atoms with E-state index in [1.54, 1.807) is 0 Å². The van der Waals surface area contributed by atoms with Crippen LogP contribution in [0, 0.1) is 0 Å². The maximum Gasteiger partial charge on any atom is 0.0889 e. The van der Waals surface area contributed by atoms with Crippen LogP contribution >= 0.6 is 0 Å². The molecule has 1 atom stereocenters. The summed E-state index contributed by atoms with van der Waals surface area (Å²) >= 11 is 0. The number of fused-ring (bicyclic) bond motifs is 1. The second-order valence-corrected chi connectivity index (χ2v) is 5.44. The van der Waals surface area contributed by atoms with E-state index in [1.807, 2.05) is 38.1 Å². The summed E-state index contributed by atoms with van der Waals surface area (Å²) in [6.45, 7) is 5.32. The van der Waals surface area contributed by atoms with Gasteiger partial charge in [0.1, 0.15) is 0 Å². The highest BCUT2D eigenvalue weighted by Crippen LogP contribution is 2.28. The van der Waals surface area contributed by atoms with Crippen molar-refractivity contribution < 1.29 is 10.3 Å². The van der Waals surface area contributed by atoms with Gasteiger partial charge in [0.25, 0.3) is 0 Å². The standard InChI is InChI=1S/C15H22N2O2/c1-3-15(2,18)11-17-10-6-8-13(16-19)12-7-4-5-9-14(12)17/h4-5,7,9,18-19H,3,6,8,10-11H2,1-2H3/b16-13-. The Morgan fingerprint density at radius 2 is 2.11 bits per heavy atom. The van der Waals surface area contributed by atoms with Gasteiger partial charge in [-0.2, -0.15) is 0 Å². The summed E-state index contributed by atoms with van der Waals surface area (Å²) in [6, 6.07) is 7.93. The van der Waals surface area contributed by atoms with Crippen LogP contribution in [0.4, 0.5) is 5.69 Å². The van der Waals surface area contributed by atoms with Gasteiger partial charge in [0.15, 0.2) is 0 Å². The zero-order valence-electron chi connectivity index (χ0n) is 11.6. The molecule has 1 aromatic rings. The van der Waals surface area contributed by atoms with Crippen molar-refractivity contribution in [2.24, 2.45) is 5.16 Å². The number of rotatable bonds is 3. The van der Waals surface area contributed by atoms with Gasteiger partial charge < -0.3 is 15.2 Å². The highest BCUT2D eigenvalue weighted by Gasteiger charge is 2.26. The molecule has 2 rings (SSSR count). The zero-order valence-corrected chi connectivity index (χ0v) is 11.6. The van der Waals surface area contributed by atoms with Gasteiger partial charge >= 0.3 is 0 Å². The maximum atomic E-state index is 10.3. The minimum absolute atomic E-state index is 0.596. The molecule has 1 aromatic carbocycles. The third-order valence-corrected chi connectivity index (χ3v) is 3.81. The SMILES string of the molecule is CCC(C)(O)CN1CCC/C(=N/O)c2ccccc21. The topological polar surface area (TPSA) is 56.1 Å². The minimum Gasteiger partial charge on any atom is -0.411 e. The summed E-state index contributed by atoms with van der Waals surface area (Å²) in [5, 5.41) is 22.9. The van der Waals surface area contributed by atoms with Gasteiger partial charge in [-0.3, -0.25) is 0 Å². The molecule has 104 valence electrons. The lowest BCUT2D eigenvalue weighted by Gasteiger charge is -2.32. The molecule has 0 saturated heterocycles. The molecule has 0 amide bonds. The average molecular weight is 262 g/mol. The first kappa shape index (κ1) is 13.9. The number of benzene rings is 1. The van der Waals surface area contributed by atoms with Crippen LogP contribution in [0.2, 0.25) is 0 Å². The number of hydrogen-bond acceptors (Lipinski definition) is 4. The Bertz CT molecular complexity index is 469. The van der Waals surface area contributed by atoms with E-state index in [2.05, 4.69) is 10.1 Å². The lowest BCUT2D eigenvalue weighted by Crippen LogP contribution is -2.41. The second kappa shape index (κ2) is 5.61. The molecule has 1 aliphatic heterocycles. The molecule has 1 aliphatic rings. The van der Waals surface area contributed by atoms with E-state index < -0.39 is 5.60 Å². The van der Waals surface area contributed by atoms with Crippen molar-refractivity contribution in [3.8, 4) is 0 Å². The highest BCUT2D eigenvalue weighted by atomic mass is 16.4. The predicted molar refractivity (Wildman–Crippen MR) is 77.1 cm³/mol. The van der Waals surface area contributed by atoms with Crippen molar-refractivity contribution in [2.45, 2.75) is 38.7 Å². The van der Waals surface area contributed by atoms with E-state index in [4.69, 9.17) is 5.21 Å². The summed E-state index contributed by atoms with van der Waals surface area (Å²) < 4.78 is 0. The number of anilines is 1. The van der Waals surface area contributed by atoms with E-state index in [0.29, 0.717) is 13.0 Å². The first-order chi connectivity index (χ1) is 9.07. The largest absolute Gasteiger partial charge is 0.411 e. The number of nitrogens with zero attached hydrogens (tertiary/aromatic N) is 2. The van der Waals surface area contributed by atoms with Crippen LogP contribution in [0.25, 0.3) is 0 Å². The quantitative estimate of drug-likeness (QED) is 0.650. The molecular formula is C15H22N2O2. The molecule has 0 bridgehead atoms. The first-order valence-electron chi connectivity index (χ1n) is 6.85. The fraction of sp³-hybridized carbons (Fsp3) is 0.533. The molecule has 0 saturated carbocycles. The average Bonchev–Trinajstić information content (AvgIpc) is 2.58. The van der Waals surface area contributed by atoms with E-state index in [-0.39, 0.29) is 0 Å². The molecular weight excluding hydrogens is 240 g/mol. The van der Waals surface area contributed by atoms with Crippen LogP contribution in [0.5, 0.6) is 0 Å². The van der Waals surface area contributed by atoms with Gasteiger partial charge in [-0.25, -0.2) is 0 Å². The monoisotopic (exact) mass is 262 g/mol. The van der Waals surface area contributed by atoms with Crippen molar-refractivity contribution in [1.29, 1.82) is 0 Å². The summed E-state index contributed by atoms with van der Waals surface area (Å²) in [5.41, 5.74) is 2.04. The van der Waals surface area contributed by atoms with Crippen LogP contribution in [0.3, 0.4) is 0 Å². The molecule has 19 heavy (non-hydrogen) atoms. The molecule has 0 spiro atoms. The molecule has 0 radical (unpaired) electrons. The summed E-state index contributed by atoms with van der Waals surface area (Å²) in [7, 11) is 0. The number of aliphatic hydroxyl groups is 1. The molecule has 4 heteroatoms. The molecule has 2 N–H and O–H groups in total. The van der Waals surface area contributed by atoms with E-state index >= 15 is 0 Å². The Balaban J connectivity index is 2.36. The Morgan fingerprint density at radius 3 is 2.79 bits per heavy atom. The van der Waals surface area contributed by atoms with Crippen molar-refractivity contribution in [3.05, 3.63) is 29.8 Å². The fourth-order valence-electron chi connectivity index (χ4n) is 2.48. The second-order valence-electron chi connectivity index (χ2n) is 5.44. The molecule has 4 nitrogen and oxygen atoms in total. The van der Waals surface area contributed by atoms with Gasteiger partial charge in [-0.15, -0.1) is 0 Å². The van der Waals surface area contributed by atoms with Crippen LogP contribution in [-0.2, 0) is 0 Å². The van der Waals surface area contributed by atoms with Crippen LogP contribution in [0.15, 0.2) is 29.4 Å². The molecule has 1 heterocycles. The number of para-hydroxylation sites is 1. The van der Waals surface area contributed by atoms with Crippen molar-refractivity contribution in [1.82, 2.24) is 0 Å². The molecule has 0 aliphatic carbocycles. The summed E-state index contributed by atoms with van der Waals surface area (Å²) in [6.07, 6.45) is 2.40. The van der Waals surface area contributed by atoms with Crippen LogP contribution in [0.1, 0.15) is 38.7 Å². The molecule has 1 unspecified atom stereocenters.